The Bertz CT molecular complexity index is 581. The summed E-state index contributed by atoms with van der Waals surface area (Å²) in [6.45, 7) is 8.94. The van der Waals surface area contributed by atoms with Gasteiger partial charge in [-0.15, -0.1) is 0 Å². The summed E-state index contributed by atoms with van der Waals surface area (Å²) in [5, 5.41) is 6.66. The minimum absolute atomic E-state index is 0.0429. The van der Waals surface area contributed by atoms with E-state index in [1.807, 2.05) is 13.8 Å². The summed E-state index contributed by atoms with van der Waals surface area (Å²) >= 11 is 0. The first-order valence-electron chi connectivity index (χ1n) is 7.42. The van der Waals surface area contributed by atoms with Gasteiger partial charge in [0.15, 0.2) is 0 Å². The maximum atomic E-state index is 5.56. The fourth-order valence-electron chi connectivity index (χ4n) is 2.18. The van der Waals surface area contributed by atoms with E-state index in [1.165, 1.54) is 0 Å². The molecule has 6 nitrogen and oxygen atoms in total. The first-order chi connectivity index (χ1) is 10.2. The van der Waals surface area contributed by atoms with Crippen LogP contribution in [0.2, 0.25) is 0 Å². The first kappa shape index (κ1) is 15.3. The lowest BCUT2D eigenvalue weighted by atomic mass is 10.1. The van der Waals surface area contributed by atoms with Crippen molar-refractivity contribution in [1.82, 2.24) is 15.0 Å². The molecule has 0 bridgehead atoms. The number of aromatic nitrogens is 3. The Kier molecular flexibility index (Phi) is 5.14. The zero-order valence-electron chi connectivity index (χ0n) is 13.1. The zero-order valence-corrected chi connectivity index (χ0v) is 13.1. The maximum absolute atomic E-state index is 5.56. The minimum atomic E-state index is -0.0429. The van der Waals surface area contributed by atoms with Crippen molar-refractivity contribution in [2.75, 3.05) is 17.2 Å². The normalized spacial score (nSPS) is 12.2. The SMILES string of the molecule is CCCc1c(NCC)ncnc1NC(C)c1ncc(C)o1. The molecule has 114 valence electrons. The molecule has 6 heteroatoms. The summed E-state index contributed by atoms with van der Waals surface area (Å²) in [5.41, 5.74) is 1.11. The molecule has 0 aliphatic heterocycles. The average Bonchev–Trinajstić information content (AvgIpc) is 2.89. The molecule has 2 N–H and O–H groups in total. The highest BCUT2D eigenvalue weighted by Gasteiger charge is 2.16. The Morgan fingerprint density at radius 3 is 2.57 bits per heavy atom. The van der Waals surface area contributed by atoms with E-state index in [1.54, 1.807) is 12.5 Å². The molecule has 21 heavy (non-hydrogen) atoms. The first-order valence-corrected chi connectivity index (χ1v) is 7.42. The van der Waals surface area contributed by atoms with E-state index in [4.69, 9.17) is 4.42 Å². The molecule has 2 rings (SSSR count). The van der Waals surface area contributed by atoms with Crippen LogP contribution in [-0.2, 0) is 6.42 Å². The summed E-state index contributed by atoms with van der Waals surface area (Å²) in [4.78, 5) is 13.0. The summed E-state index contributed by atoms with van der Waals surface area (Å²) in [5.74, 6) is 3.21. The van der Waals surface area contributed by atoms with Crippen molar-refractivity contribution in [3.8, 4) is 0 Å². The Balaban J connectivity index is 2.23. The van der Waals surface area contributed by atoms with Crippen LogP contribution in [0.1, 0.15) is 50.4 Å². The number of aryl methyl sites for hydroxylation is 1. The second-order valence-electron chi connectivity index (χ2n) is 5.00. The quantitative estimate of drug-likeness (QED) is 0.814. The van der Waals surface area contributed by atoms with E-state index >= 15 is 0 Å². The monoisotopic (exact) mass is 289 g/mol. The number of hydrogen-bond donors (Lipinski definition) is 2. The maximum Gasteiger partial charge on any atom is 0.216 e. The number of anilines is 2. The summed E-state index contributed by atoms with van der Waals surface area (Å²) in [7, 11) is 0. The van der Waals surface area contributed by atoms with Gasteiger partial charge in [0, 0.05) is 12.1 Å². The van der Waals surface area contributed by atoms with Gasteiger partial charge in [-0.05, 0) is 27.2 Å². The van der Waals surface area contributed by atoms with Gasteiger partial charge in [-0.1, -0.05) is 13.3 Å². The van der Waals surface area contributed by atoms with Crippen LogP contribution in [0.25, 0.3) is 0 Å². The van der Waals surface area contributed by atoms with Gasteiger partial charge < -0.3 is 15.1 Å². The van der Waals surface area contributed by atoms with Crippen LogP contribution in [0.5, 0.6) is 0 Å². The lowest BCUT2D eigenvalue weighted by Gasteiger charge is -2.17. The number of nitrogens with one attached hydrogen (secondary N) is 2. The van der Waals surface area contributed by atoms with E-state index in [0.29, 0.717) is 5.89 Å². The Labute approximate surface area is 125 Å². The van der Waals surface area contributed by atoms with E-state index in [9.17, 15) is 0 Å². The molecule has 2 aromatic rings. The van der Waals surface area contributed by atoms with Crippen molar-refractivity contribution < 1.29 is 4.42 Å². The topological polar surface area (TPSA) is 75.9 Å². The van der Waals surface area contributed by atoms with Crippen LogP contribution in [-0.4, -0.2) is 21.5 Å². The lowest BCUT2D eigenvalue weighted by molar-refractivity contribution is 0.453. The molecule has 1 unspecified atom stereocenters. The second kappa shape index (κ2) is 7.06. The fourth-order valence-corrected chi connectivity index (χ4v) is 2.18. The predicted molar refractivity (Wildman–Crippen MR) is 83.5 cm³/mol. The second-order valence-corrected chi connectivity index (χ2v) is 5.00. The Morgan fingerprint density at radius 1 is 1.19 bits per heavy atom. The third-order valence-electron chi connectivity index (χ3n) is 3.15. The van der Waals surface area contributed by atoms with Gasteiger partial charge in [0.2, 0.25) is 5.89 Å². The predicted octanol–water partition coefficient (Wildman–Crippen LogP) is 3.33. The molecular weight excluding hydrogens is 266 g/mol. The van der Waals surface area contributed by atoms with Crippen molar-refractivity contribution in [3.63, 3.8) is 0 Å². The minimum Gasteiger partial charge on any atom is -0.444 e. The number of hydrogen-bond acceptors (Lipinski definition) is 6. The Morgan fingerprint density at radius 2 is 1.95 bits per heavy atom. The molecule has 0 radical (unpaired) electrons. The van der Waals surface area contributed by atoms with Crippen molar-refractivity contribution in [2.24, 2.45) is 0 Å². The molecule has 0 saturated carbocycles. The molecule has 0 aliphatic carbocycles. The molecule has 2 aromatic heterocycles. The van der Waals surface area contributed by atoms with E-state index in [-0.39, 0.29) is 6.04 Å². The van der Waals surface area contributed by atoms with Gasteiger partial charge in [0.25, 0.3) is 0 Å². The van der Waals surface area contributed by atoms with Crippen molar-refractivity contribution in [1.29, 1.82) is 0 Å². The molecule has 0 amide bonds. The molecular formula is C15H23N5O. The number of oxazole rings is 1. The van der Waals surface area contributed by atoms with Gasteiger partial charge >= 0.3 is 0 Å². The smallest absolute Gasteiger partial charge is 0.216 e. The van der Waals surface area contributed by atoms with Crippen molar-refractivity contribution >= 4 is 11.6 Å². The molecule has 0 spiro atoms. The van der Waals surface area contributed by atoms with Crippen LogP contribution in [0.4, 0.5) is 11.6 Å². The highest BCUT2D eigenvalue weighted by molar-refractivity contribution is 5.57. The van der Waals surface area contributed by atoms with Crippen LogP contribution < -0.4 is 10.6 Å². The van der Waals surface area contributed by atoms with E-state index < -0.39 is 0 Å². The molecule has 0 aliphatic rings. The molecule has 1 atom stereocenters. The van der Waals surface area contributed by atoms with Crippen molar-refractivity contribution in [2.45, 2.75) is 46.6 Å². The molecule has 0 fully saturated rings. The third kappa shape index (κ3) is 3.71. The summed E-state index contributed by atoms with van der Waals surface area (Å²) in [6, 6.07) is -0.0429. The third-order valence-corrected chi connectivity index (χ3v) is 3.15. The highest BCUT2D eigenvalue weighted by Crippen LogP contribution is 2.25. The Hall–Kier alpha value is -2.11. The van der Waals surface area contributed by atoms with Gasteiger partial charge in [-0.25, -0.2) is 15.0 Å². The van der Waals surface area contributed by atoms with Gasteiger partial charge in [-0.2, -0.15) is 0 Å². The number of rotatable bonds is 7. The number of nitrogens with zero attached hydrogens (tertiary/aromatic N) is 3. The highest BCUT2D eigenvalue weighted by atomic mass is 16.4. The van der Waals surface area contributed by atoms with Crippen LogP contribution in [0.15, 0.2) is 16.9 Å². The van der Waals surface area contributed by atoms with E-state index in [2.05, 4.69) is 39.4 Å². The molecule has 2 heterocycles. The zero-order chi connectivity index (χ0) is 15.2. The average molecular weight is 289 g/mol. The van der Waals surface area contributed by atoms with Crippen LogP contribution in [0, 0.1) is 6.92 Å². The van der Waals surface area contributed by atoms with E-state index in [0.717, 1.165) is 42.3 Å². The largest absolute Gasteiger partial charge is 0.444 e. The standard InChI is InChI=1S/C15H23N5O/c1-5-7-12-13(16-6-2)18-9-19-14(12)20-11(4)15-17-8-10(3)21-15/h8-9,11H,5-7H2,1-4H3,(H2,16,18,19,20). The fraction of sp³-hybridized carbons (Fsp3) is 0.533. The lowest BCUT2D eigenvalue weighted by Crippen LogP contribution is -2.13. The van der Waals surface area contributed by atoms with Crippen LogP contribution in [0.3, 0.4) is 0 Å². The summed E-state index contributed by atoms with van der Waals surface area (Å²) in [6.07, 6.45) is 5.26. The van der Waals surface area contributed by atoms with Crippen LogP contribution >= 0.6 is 0 Å². The molecule has 0 aromatic carbocycles. The van der Waals surface area contributed by atoms with Gasteiger partial charge in [0.05, 0.1) is 6.20 Å². The van der Waals surface area contributed by atoms with Crippen molar-refractivity contribution in [3.05, 3.63) is 29.7 Å². The molecule has 0 saturated heterocycles. The van der Waals surface area contributed by atoms with Gasteiger partial charge in [-0.3, -0.25) is 0 Å². The van der Waals surface area contributed by atoms with Gasteiger partial charge in [0.1, 0.15) is 29.8 Å². The summed E-state index contributed by atoms with van der Waals surface area (Å²) < 4.78 is 5.56.